The van der Waals surface area contributed by atoms with Crippen molar-refractivity contribution < 1.29 is 4.39 Å². The SMILES string of the molecule is C=C(C)Cc1cc(C)c(CN)cc1F. The third-order valence-corrected chi connectivity index (χ3v) is 2.22. The standard InChI is InChI=1S/C12H16FN/c1-8(2)4-10-5-9(3)11(7-14)6-12(10)13/h5-6H,1,4,7,14H2,2-3H3. The van der Waals surface area contributed by atoms with Gasteiger partial charge in [0, 0.05) is 6.54 Å². The van der Waals surface area contributed by atoms with Crippen LogP contribution in [0.2, 0.25) is 0 Å². The zero-order valence-corrected chi connectivity index (χ0v) is 8.73. The molecule has 14 heavy (non-hydrogen) atoms. The summed E-state index contributed by atoms with van der Waals surface area (Å²) in [6.07, 6.45) is 0.595. The minimum absolute atomic E-state index is 0.181. The maximum atomic E-state index is 13.5. The number of hydrogen-bond donors (Lipinski definition) is 1. The summed E-state index contributed by atoms with van der Waals surface area (Å²) in [5, 5.41) is 0. The molecule has 0 amide bonds. The molecule has 0 saturated heterocycles. The maximum Gasteiger partial charge on any atom is 0.127 e. The lowest BCUT2D eigenvalue weighted by atomic mass is 10.0. The highest BCUT2D eigenvalue weighted by molar-refractivity contribution is 5.33. The molecule has 0 heterocycles. The number of hydrogen-bond acceptors (Lipinski definition) is 1. The molecule has 0 fully saturated rings. The highest BCUT2D eigenvalue weighted by Gasteiger charge is 2.06. The van der Waals surface area contributed by atoms with Crippen LogP contribution in [-0.2, 0) is 13.0 Å². The van der Waals surface area contributed by atoms with Crippen LogP contribution in [0.15, 0.2) is 24.3 Å². The van der Waals surface area contributed by atoms with Crippen molar-refractivity contribution in [2.24, 2.45) is 5.73 Å². The van der Waals surface area contributed by atoms with E-state index in [1.54, 1.807) is 0 Å². The summed E-state index contributed by atoms with van der Waals surface area (Å²) in [5.41, 5.74) is 9.06. The van der Waals surface area contributed by atoms with Crippen molar-refractivity contribution in [2.45, 2.75) is 26.8 Å². The normalized spacial score (nSPS) is 10.3. The molecule has 1 rings (SSSR count). The van der Waals surface area contributed by atoms with E-state index < -0.39 is 0 Å². The van der Waals surface area contributed by atoms with Crippen molar-refractivity contribution >= 4 is 0 Å². The van der Waals surface area contributed by atoms with Gasteiger partial charge in [0.1, 0.15) is 5.82 Å². The third-order valence-electron chi connectivity index (χ3n) is 2.22. The van der Waals surface area contributed by atoms with Crippen molar-refractivity contribution in [2.75, 3.05) is 0 Å². The second-order valence-corrected chi connectivity index (χ2v) is 3.71. The summed E-state index contributed by atoms with van der Waals surface area (Å²) in [5.74, 6) is -0.181. The van der Waals surface area contributed by atoms with E-state index in [0.29, 0.717) is 18.5 Å². The highest BCUT2D eigenvalue weighted by Crippen LogP contribution is 2.17. The summed E-state index contributed by atoms with van der Waals surface area (Å²) in [4.78, 5) is 0. The summed E-state index contributed by atoms with van der Waals surface area (Å²) in [6.45, 7) is 8.00. The molecular weight excluding hydrogens is 177 g/mol. The number of nitrogens with two attached hydrogens (primary N) is 1. The van der Waals surface area contributed by atoms with E-state index in [2.05, 4.69) is 6.58 Å². The molecular formula is C12H16FN. The molecule has 1 nitrogen and oxygen atoms in total. The van der Waals surface area contributed by atoms with Gasteiger partial charge in [-0.25, -0.2) is 4.39 Å². The van der Waals surface area contributed by atoms with Gasteiger partial charge in [-0.05, 0) is 43.0 Å². The topological polar surface area (TPSA) is 26.0 Å². The lowest BCUT2D eigenvalue weighted by Gasteiger charge is -2.08. The molecule has 0 saturated carbocycles. The molecule has 2 N–H and O–H groups in total. The first-order valence-corrected chi connectivity index (χ1v) is 4.67. The fraction of sp³-hybridized carbons (Fsp3) is 0.333. The summed E-state index contributed by atoms with van der Waals surface area (Å²) in [7, 11) is 0. The zero-order chi connectivity index (χ0) is 10.7. The number of rotatable bonds is 3. The molecule has 0 unspecified atom stereocenters. The van der Waals surface area contributed by atoms with Crippen LogP contribution < -0.4 is 5.73 Å². The monoisotopic (exact) mass is 193 g/mol. The van der Waals surface area contributed by atoms with Crippen LogP contribution >= 0.6 is 0 Å². The van der Waals surface area contributed by atoms with Crippen LogP contribution in [0.5, 0.6) is 0 Å². The van der Waals surface area contributed by atoms with Gasteiger partial charge in [0.05, 0.1) is 0 Å². The van der Waals surface area contributed by atoms with Crippen LogP contribution in [0.3, 0.4) is 0 Å². The second kappa shape index (κ2) is 4.38. The number of allylic oxidation sites excluding steroid dienone is 1. The first-order chi connectivity index (χ1) is 6.54. The Hall–Kier alpha value is -1.15. The van der Waals surface area contributed by atoms with E-state index in [-0.39, 0.29) is 5.82 Å². The highest BCUT2D eigenvalue weighted by atomic mass is 19.1. The van der Waals surface area contributed by atoms with E-state index in [4.69, 9.17) is 5.73 Å². The molecule has 76 valence electrons. The Kier molecular flexibility index (Phi) is 3.42. The van der Waals surface area contributed by atoms with E-state index in [1.807, 2.05) is 19.9 Å². The molecule has 0 radical (unpaired) electrons. The molecule has 0 aliphatic heterocycles. The lowest BCUT2D eigenvalue weighted by Crippen LogP contribution is -2.02. The predicted octanol–water partition coefficient (Wildman–Crippen LogP) is 2.71. The predicted molar refractivity (Wildman–Crippen MR) is 57.5 cm³/mol. The second-order valence-electron chi connectivity index (χ2n) is 3.71. The molecule has 0 bridgehead atoms. The number of aryl methyl sites for hydroxylation is 1. The fourth-order valence-corrected chi connectivity index (χ4v) is 1.46. The first-order valence-electron chi connectivity index (χ1n) is 4.67. The van der Waals surface area contributed by atoms with Crippen molar-refractivity contribution in [1.29, 1.82) is 0 Å². The molecule has 0 aliphatic rings. The number of halogens is 1. The Labute approximate surface area is 84.4 Å². The van der Waals surface area contributed by atoms with Gasteiger partial charge in [-0.3, -0.25) is 0 Å². The third kappa shape index (κ3) is 2.42. The summed E-state index contributed by atoms with van der Waals surface area (Å²) in [6, 6.07) is 3.37. The van der Waals surface area contributed by atoms with Crippen LogP contribution in [0.25, 0.3) is 0 Å². The summed E-state index contributed by atoms with van der Waals surface area (Å²) >= 11 is 0. The first kappa shape index (κ1) is 10.9. The van der Waals surface area contributed by atoms with Crippen LogP contribution in [-0.4, -0.2) is 0 Å². The van der Waals surface area contributed by atoms with Gasteiger partial charge in [-0.15, -0.1) is 0 Å². The molecule has 0 spiro atoms. The largest absolute Gasteiger partial charge is 0.326 e. The van der Waals surface area contributed by atoms with Gasteiger partial charge in [0.25, 0.3) is 0 Å². The van der Waals surface area contributed by atoms with Crippen molar-refractivity contribution in [3.8, 4) is 0 Å². The lowest BCUT2D eigenvalue weighted by molar-refractivity contribution is 0.610. The zero-order valence-electron chi connectivity index (χ0n) is 8.73. The van der Waals surface area contributed by atoms with Gasteiger partial charge >= 0.3 is 0 Å². The van der Waals surface area contributed by atoms with E-state index in [1.165, 1.54) is 6.07 Å². The Morgan fingerprint density at radius 2 is 2.07 bits per heavy atom. The molecule has 0 aromatic heterocycles. The molecule has 2 heteroatoms. The average Bonchev–Trinajstić information content (AvgIpc) is 2.10. The van der Waals surface area contributed by atoms with E-state index in [9.17, 15) is 4.39 Å². The summed E-state index contributed by atoms with van der Waals surface area (Å²) < 4.78 is 13.5. The van der Waals surface area contributed by atoms with Gasteiger partial charge in [-0.2, -0.15) is 0 Å². The fourth-order valence-electron chi connectivity index (χ4n) is 1.46. The van der Waals surface area contributed by atoms with Crippen LogP contribution in [0, 0.1) is 12.7 Å². The Balaban J connectivity index is 3.08. The van der Waals surface area contributed by atoms with E-state index in [0.717, 1.165) is 16.7 Å². The minimum Gasteiger partial charge on any atom is -0.326 e. The molecule has 1 aromatic rings. The van der Waals surface area contributed by atoms with Crippen molar-refractivity contribution in [3.05, 3.63) is 46.8 Å². The van der Waals surface area contributed by atoms with Crippen LogP contribution in [0.1, 0.15) is 23.6 Å². The van der Waals surface area contributed by atoms with Gasteiger partial charge in [0.15, 0.2) is 0 Å². The Morgan fingerprint density at radius 3 is 2.57 bits per heavy atom. The Morgan fingerprint density at radius 1 is 1.43 bits per heavy atom. The average molecular weight is 193 g/mol. The Bertz CT molecular complexity index is 356. The quantitative estimate of drug-likeness (QED) is 0.734. The van der Waals surface area contributed by atoms with Crippen LogP contribution in [0.4, 0.5) is 4.39 Å². The van der Waals surface area contributed by atoms with Crippen molar-refractivity contribution in [3.63, 3.8) is 0 Å². The van der Waals surface area contributed by atoms with Crippen molar-refractivity contribution in [1.82, 2.24) is 0 Å². The van der Waals surface area contributed by atoms with Gasteiger partial charge in [0.2, 0.25) is 0 Å². The number of benzene rings is 1. The molecule has 1 aromatic carbocycles. The van der Waals surface area contributed by atoms with E-state index >= 15 is 0 Å². The molecule has 0 atom stereocenters. The van der Waals surface area contributed by atoms with Gasteiger partial charge in [-0.1, -0.05) is 18.2 Å². The smallest absolute Gasteiger partial charge is 0.127 e. The molecule has 0 aliphatic carbocycles. The minimum atomic E-state index is -0.181. The van der Waals surface area contributed by atoms with Gasteiger partial charge < -0.3 is 5.73 Å². The maximum absolute atomic E-state index is 13.5.